The highest BCUT2D eigenvalue weighted by Crippen LogP contribution is 2.34. The van der Waals surface area contributed by atoms with Crippen LogP contribution in [0.1, 0.15) is 37.7 Å². The zero-order chi connectivity index (χ0) is 14.7. The fourth-order valence-electron chi connectivity index (χ4n) is 3.48. The maximum Gasteiger partial charge on any atom is 0.410 e. The van der Waals surface area contributed by atoms with E-state index in [9.17, 15) is 9.59 Å². The number of carbonyl (C=O) groups is 2. The third kappa shape index (κ3) is 3.26. The van der Waals surface area contributed by atoms with Crippen molar-refractivity contribution in [1.29, 1.82) is 0 Å². The van der Waals surface area contributed by atoms with Crippen LogP contribution in [0, 0.1) is 5.92 Å². The van der Waals surface area contributed by atoms with Gasteiger partial charge in [-0.15, -0.1) is 0 Å². The number of nitrogens with zero attached hydrogens (tertiary/aromatic N) is 1. The van der Waals surface area contributed by atoms with Crippen LogP contribution in [0.3, 0.4) is 0 Å². The third-order valence-electron chi connectivity index (χ3n) is 4.57. The molecule has 2 aliphatic rings. The summed E-state index contributed by atoms with van der Waals surface area (Å²) in [6.45, 7) is 1.06. The van der Waals surface area contributed by atoms with Crippen LogP contribution in [-0.2, 0) is 16.1 Å². The van der Waals surface area contributed by atoms with Crippen LogP contribution in [0.15, 0.2) is 30.3 Å². The molecule has 4 nitrogen and oxygen atoms in total. The van der Waals surface area contributed by atoms with Crippen LogP contribution < -0.4 is 0 Å². The van der Waals surface area contributed by atoms with Gasteiger partial charge in [0.25, 0.3) is 0 Å². The first-order chi connectivity index (χ1) is 10.2. The molecule has 1 aliphatic carbocycles. The zero-order valence-corrected chi connectivity index (χ0v) is 12.2. The fraction of sp³-hybridized carbons (Fsp3) is 0.529. The number of amides is 1. The van der Waals surface area contributed by atoms with Crippen molar-refractivity contribution in [3.8, 4) is 0 Å². The van der Waals surface area contributed by atoms with E-state index in [1.807, 2.05) is 35.2 Å². The minimum Gasteiger partial charge on any atom is -0.445 e. The molecule has 1 aromatic carbocycles. The highest BCUT2D eigenvalue weighted by Gasteiger charge is 2.38. The van der Waals surface area contributed by atoms with Crippen molar-refractivity contribution < 1.29 is 14.3 Å². The molecule has 0 radical (unpaired) electrons. The maximum absolute atomic E-state index is 12.3. The normalized spacial score (nSPS) is 25.3. The molecule has 1 amide bonds. The van der Waals surface area contributed by atoms with Crippen molar-refractivity contribution in [3.63, 3.8) is 0 Å². The second kappa shape index (κ2) is 6.29. The molecule has 0 bridgehead atoms. The second-order valence-electron chi connectivity index (χ2n) is 5.98. The molecule has 0 aromatic heterocycles. The van der Waals surface area contributed by atoms with Crippen molar-refractivity contribution in [2.45, 2.75) is 44.8 Å². The highest BCUT2D eigenvalue weighted by atomic mass is 16.6. The molecule has 2 unspecified atom stereocenters. The lowest BCUT2D eigenvalue weighted by Gasteiger charge is -2.28. The number of carbonyl (C=O) groups excluding carboxylic acids is 2. The van der Waals surface area contributed by atoms with Gasteiger partial charge in [0, 0.05) is 25.4 Å². The fourth-order valence-corrected chi connectivity index (χ4v) is 3.48. The second-order valence-corrected chi connectivity index (χ2v) is 5.98. The van der Waals surface area contributed by atoms with Crippen LogP contribution >= 0.6 is 0 Å². The minimum absolute atomic E-state index is 0.194. The average molecular weight is 287 g/mol. The lowest BCUT2D eigenvalue weighted by Crippen LogP contribution is -2.39. The predicted molar refractivity (Wildman–Crippen MR) is 78.7 cm³/mol. The van der Waals surface area contributed by atoms with Gasteiger partial charge < -0.3 is 9.64 Å². The van der Waals surface area contributed by atoms with Crippen LogP contribution in [-0.4, -0.2) is 29.4 Å². The summed E-state index contributed by atoms with van der Waals surface area (Å²) in [5.41, 5.74) is 0.998. The van der Waals surface area contributed by atoms with Gasteiger partial charge in [0.15, 0.2) is 0 Å². The van der Waals surface area contributed by atoms with Crippen LogP contribution in [0.5, 0.6) is 0 Å². The summed E-state index contributed by atoms with van der Waals surface area (Å²) in [7, 11) is 0. The van der Waals surface area contributed by atoms with Crippen molar-refractivity contribution in [3.05, 3.63) is 35.9 Å². The molecule has 1 saturated carbocycles. The number of hydrogen-bond acceptors (Lipinski definition) is 3. The van der Waals surface area contributed by atoms with Gasteiger partial charge in [-0.25, -0.2) is 4.79 Å². The standard InChI is InChI=1S/C17H21NO3/c19-15-9-8-14(11-15)16-7-4-10-18(16)17(20)21-12-13-5-2-1-3-6-13/h1-3,5-6,14,16H,4,7-12H2. The Labute approximate surface area is 125 Å². The molecule has 1 saturated heterocycles. The topological polar surface area (TPSA) is 46.6 Å². The van der Waals surface area contributed by atoms with Crippen molar-refractivity contribution in [1.82, 2.24) is 4.90 Å². The van der Waals surface area contributed by atoms with E-state index >= 15 is 0 Å². The lowest BCUT2D eigenvalue weighted by molar-refractivity contribution is -0.117. The number of rotatable bonds is 3. The minimum atomic E-state index is -0.235. The van der Waals surface area contributed by atoms with E-state index in [0.717, 1.165) is 31.4 Å². The van der Waals surface area contributed by atoms with Gasteiger partial charge in [0.05, 0.1) is 0 Å². The molecule has 21 heavy (non-hydrogen) atoms. The molecular formula is C17H21NO3. The molecule has 3 rings (SSSR count). The molecular weight excluding hydrogens is 266 g/mol. The average Bonchev–Trinajstić information content (AvgIpc) is 3.14. The van der Waals surface area contributed by atoms with E-state index in [4.69, 9.17) is 4.74 Å². The van der Waals surface area contributed by atoms with E-state index in [2.05, 4.69) is 0 Å². The van der Waals surface area contributed by atoms with Crippen molar-refractivity contribution in [2.75, 3.05) is 6.54 Å². The summed E-state index contributed by atoms with van der Waals surface area (Å²) in [6, 6.07) is 9.91. The van der Waals surface area contributed by atoms with Crippen LogP contribution in [0.25, 0.3) is 0 Å². The van der Waals surface area contributed by atoms with E-state index in [1.165, 1.54) is 0 Å². The van der Waals surface area contributed by atoms with E-state index < -0.39 is 0 Å². The van der Waals surface area contributed by atoms with Crippen molar-refractivity contribution in [2.24, 2.45) is 5.92 Å². The Kier molecular flexibility index (Phi) is 4.23. The van der Waals surface area contributed by atoms with Crippen LogP contribution in [0.4, 0.5) is 4.79 Å². The molecule has 4 heteroatoms. The molecule has 0 N–H and O–H groups in total. The van der Waals surface area contributed by atoms with Gasteiger partial charge in [-0.2, -0.15) is 0 Å². The Morgan fingerprint density at radius 1 is 1.24 bits per heavy atom. The SMILES string of the molecule is O=C1CCC(C2CCCN2C(=O)OCc2ccccc2)C1. The summed E-state index contributed by atoms with van der Waals surface area (Å²) < 4.78 is 5.43. The number of Topliss-reactive ketones (excluding diaryl/α,β-unsaturated/α-hetero) is 1. The third-order valence-corrected chi connectivity index (χ3v) is 4.57. The van der Waals surface area contributed by atoms with Gasteiger partial charge in [-0.1, -0.05) is 30.3 Å². The predicted octanol–water partition coefficient (Wildman–Crippen LogP) is 3.16. The summed E-state index contributed by atoms with van der Waals surface area (Å²) in [5, 5.41) is 0. The monoisotopic (exact) mass is 287 g/mol. The Morgan fingerprint density at radius 3 is 2.76 bits per heavy atom. The molecule has 0 spiro atoms. The smallest absolute Gasteiger partial charge is 0.410 e. The van der Waals surface area contributed by atoms with Crippen molar-refractivity contribution >= 4 is 11.9 Å². The first-order valence-corrected chi connectivity index (χ1v) is 7.73. The number of benzene rings is 1. The number of likely N-dealkylation sites (tertiary alicyclic amines) is 1. The number of hydrogen-bond donors (Lipinski definition) is 0. The largest absolute Gasteiger partial charge is 0.445 e. The van der Waals surface area contributed by atoms with E-state index in [1.54, 1.807) is 0 Å². The summed E-state index contributed by atoms with van der Waals surface area (Å²) in [4.78, 5) is 25.6. The van der Waals surface area contributed by atoms with Gasteiger partial charge >= 0.3 is 6.09 Å². The molecule has 1 heterocycles. The first kappa shape index (κ1) is 14.1. The first-order valence-electron chi connectivity index (χ1n) is 7.73. The summed E-state index contributed by atoms with van der Waals surface area (Å²) >= 11 is 0. The van der Waals surface area contributed by atoms with Gasteiger partial charge in [-0.05, 0) is 30.7 Å². The number of ether oxygens (including phenoxy) is 1. The Morgan fingerprint density at radius 2 is 2.05 bits per heavy atom. The summed E-state index contributed by atoms with van der Waals surface area (Å²) in [6.07, 6.45) is 4.00. The zero-order valence-electron chi connectivity index (χ0n) is 12.2. The Hall–Kier alpha value is -1.84. The Balaban J connectivity index is 1.57. The molecule has 1 aromatic rings. The van der Waals surface area contributed by atoms with E-state index in [0.29, 0.717) is 31.1 Å². The van der Waals surface area contributed by atoms with Gasteiger partial charge in [-0.3, -0.25) is 4.79 Å². The van der Waals surface area contributed by atoms with Gasteiger partial charge in [0.1, 0.15) is 12.4 Å². The van der Waals surface area contributed by atoms with E-state index in [-0.39, 0.29) is 12.1 Å². The highest BCUT2D eigenvalue weighted by molar-refractivity contribution is 5.81. The lowest BCUT2D eigenvalue weighted by atomic mass is 9.96. The molecule has 112 valence electrons. The Bertz CT molecular complexity index is 514. The van der Waals surface area contributed by atoms with Crippen LogP contribution in [0.2, 0.25) is 0 Å². The number of ketones is 1. The molecule has 2 fully saturated rings. The quantitative estimate of drug-likeness (QED) is 0.858. The summed E-state index contributed by atoms with van der Waals surface area (Å²) in [5.74, 6) is 0.675. The molecule has 1 aliphatic heterocycles. The molecule has 2 atom stereocenters. The maximum atomic E-state index is 12.3. The van der Waals surface area contributed by atoms with Gasteiger partial charge in [0.2, 0.25) is 0 Å².